The molecule has 0 aliphatic carbocycles. The molecule has 0 aliphatic heterocycles. The van der Waals surface area contributed by atoms with Gasteiger partial charge in [-0.2, -0.15) is 26.3 Å². The van der Waals surface area contributed by atoms with E-state index < -0.39 is 70.9 Å². The Morgan fingerprint density at radius 3 is 1.51 bits per heavy atom. The first-order valence-corrected chi connectivity index (χ1v) is 12.5. The summed E-state index contributed by atoms with van der Waals surface area (Å²) in [6.07, 6.45) is -12.7. The van der Waals surface area contributed by atoms with Gasteiger partial charge in [0.25, 0.3) is 11.8 Å². The topological polar surface area (TPSA) is 58.2 Å². The van der Waals surface area contributed by atoms with Crippen LogP contribution in [0.4, 0.5) is 45.2 Å². The number of carbonyl (C=O) groups is 2. The fourth-order valence-electron chi connectivity index (χ4n) is 3.53. The van der Waals surface area contributed by atoms with Crippen LogP contribution in [0, 0.1) is 18.8 Å². The second-order valence-electron chi connectivity index (χ2n) is 7.84. The molecule has 3 aromatic rings. The van der Waals surface area contributed by atoms with E-state index in [0.717, 1.165) is 24.3 Å². The van der Waals surface area contributed by atoms with E-state index in [1.54, 1.807) is 0 Å². The minimum Gasteiger partial charge on any atom is -0.355 e. The molecule has 0 aliphatic rings. The summed E-state index contributed by atoms with van der Waals surface area (Å²) in [5.74, 6) is -4.26. The highest BCUT2D eigenvalue weighted by Gasteiger charge is 2.73. The van der Waals surface area contributed by atoms with Crippen molar-refractivity contribution < 1.29 is 49.1 Å². The van der Waals surface area contributed by atoms with Gasteiger partial charge >= 0.3 is 18.0 Å². The number of benzene rings is 3. The predicted molar refractivity (Wildman–Crippen MR) is 140 cm³/mol. The quantitative estimate of drug-likeness (QED) is 0.206. The van der Waals surface area contributed by atoms with Gasteiger partial charge in [0.1, 0.15) is 11.6 Å². The summed E-state index contributed by atoms with van der Waals surface area (Å²) in [5, 5.41) is 4.41. The minimum absolute atomic E-state index is 0.270. The first kappa shape index (κ1) is 31.0. The van der Waals surface area contributed by atoms with E-state index in [9.17, 15) is 44.7 Å². The van der Waals surface area contributed by atoms with Crippen molar-refractivity contribution in [3.63, 3.8) is 0 Å². The zero-order valence-electron chi connectivity index (χ0n) is 19.1. The molecular weight excluding hydrogens is 773 g/mol. The van der Waals surface area contributed by atoms with Crippen LogP contribution in [-0.4, -0.2) is 31.2 Å². The average molecular weight is 786 g/mol. The minimum atomic E-state index is -6.34. The molecule has 2 amide bonds. The smallest absolute Gasteiger partial charge is 0.355 e. The predicted octanol–water partition coefficient (Wildman–Crippen LogP) is 7.74. The fourth-order valence-corrected chi connectivity index (χ4v) is 5.56. The van der Waals surface area contributed by atoms with Crippen LogP contribution in [0.5, 0.6) is 0 Å². The number of carbonyl (C=O) groups excluding carboxylic acids is 2. The molecule has 0 heterocycles. The van der Waals surface area contributed by atoms with Crippen molar-refractivity contribution in [1.29, 1.82) is 0 Å². The van der Waals surface area contributed by atoms with Crippen molar-refractivity contribution in [2.45, 2.75) is 18.0 Å². The molecular formula is C24H13F9I2N2O2. The number of rotatable bonds is 5. The number of nitrogens with one attached hydrogen (secondary N) is 2. The zero-order valence-corrected chi connectivity index (χ0v) is 23.4. The molecule has 15 heteroatoms. The highest BCUT2D eigenvalue weighted by molar-refractivity contribution is 14.1. The summed E-state index contributed by atoms with van der Waals surface area (Å²) in [5.41, 5.74) is -9.55. The maximum atomic E-state index is 15.4. The molecule has 39 heavy (non-hydrogen) atoms. The maximum Gasteiger partial charge on any atom is 0.435 e. The zero-order chi connectivity index (χ0) is 29.5. The molecule has 0 atom stereocenters. The van der Waals surface area contributed by atoms with Crippen LogP contribution in [0.15, 0.2) is 48.5 Å². The summed E-state index contributed by atoms with van der Waals surface area (Å²) >= 11 is 2.60. The molecule has 208 valence electrons. The Kier molecular flexibility index (Phi) is 8.84. The van der Waals surface area contributed by atoms with Gasteiger partial charge in [0.2, 0.25) is 0 Å². The first-order valence-electron chi connectivity index (χ1n) is 10.4. The van der Waals surface area contributed by atoms with Crippen LogP contribution in [0.1, 0.15) is 26.3 Å². The van der Waals surface area contributed by atoms with Gasteiger partial charge in [0, 0.05) is 30.9 Å². The van der Waals surface area contributed by atoms with E-state index in [2.05, 4.69) is 10.6 Å². The molecule has 0 aromatic heterocycles. The van der Waals surface area contributed by atoms with Crippen molar-refractivity contribution in [1.82, 2.24) is 5.32 Å². The summed E-state index contributed by atoms with van der Waals surface area (Å²) in [4.78, 5) is 24.8. The van der Waals surface area contributed by atoms with E-state index in [1.165, 1.54) is 64.4 Å². The average Bonchev–Trinajstić information content (AvgIpc) is 2.84. The maximum absolute atomic E-state index is 15.4. The number of anilines is 1. The summed E-state index contributed by atoms with van der Waals surface area (Å²) < 4.78 is 123. The standard InChI is InChI=1S/C24H13F9I2N2O2/c1-36-20(38)13-6-2-4-11(17(13)25)12-5-3-7-14(18(12)26)21(39)37-19-15(34)8-10(9-16(19)35)22(27,23(28,29)30)24(31,32)33/h2-9H,1H3,(H,36,38)(H,37,39). The SMILES string of the molecule is CNC(=O)c1cccc(-c2cccc(C(=O)Nc3c(I)cc(C(F)(C(F)(F)F)C(F)(F)F)cc3I)c2F)c1F. The van der Waals surface area contributed by atoms with Gasteiger partial charge in [0.05, 0.1) is 16.8 Å². The van der Waals surface area contributed by atoms with Crippen LogP contribution in [-0.2, 0) is 5.67 Å². The van der Waals surface area contributed by atoms with Crippen LogP contribution >= 0.6 is 45.2 Å². The normalized spacial score (nSPS) is 12.3. The Hall–Kier alpha value is -2.57. The van der Waals surface area contributed by atoms with Gasteiger partial charge in [-0.15, -0.1) is 0 Å². The Balaban J connectivity index is 2.03. The van der Waals surface area contributed by atoms with E-state index in [4.69, 9.17) is 0 Å². The Morgan fingerprint density at radius 2 is 1.13 bits per heavy atom. The number of amides is 2. The van der Waals surface area contributed by atoms with Gasteiger partial charge in [-0.25, -0.2) is 13.2 Å². The molecule has 3 rings (SSSR count). The molecule has 0 bridgehead atoms. The lowest BCUT2D eigenvalue weighted by Gasteiger charge is -2.31. The Labute approximate surface area is 241 Å². The Morgan fingerprint density at radius 1 is 0.718 bits per heavy atom. The molecule has 0 radical (unpaired) electrons. The summed E-state index contributed by atoms with van der Waals surface area (Å²) in [6.45, 7) is 0. The van der Waals surface area contributed by atoms with E-state index >= 15 is 4.39 Å². The largest absolute Gasteiger partial charge is 0.435 e. The molecule has 3 aromatic carbocycles. The highest BCUT2D eigenvalue weighted by atomic mass is 127. The van der Waals surface area contributed by atoms with Gasteiger partial charge in [-0.05, 0) is 69.4 Å². The highest BCUT2D eigenvalue weighted by Crippen LogP contribution is 2.54. The monoisotopic (exact) mass is 786 g/mol. The molecule has 0 spiro atoms. The van der Waals surface area contributed by atoms with Gasteiger partial charge in [-0.1, -0.05) is 24.3 Å². The van der Waals surface area contributed by atoms with Gasteiger partial charge < -0.3 is 10.6 Å². The lowest BCUT2D eigenvalue weighted by Crippen LogP contribution is -2.50. The third-order valence-electron chi connectivity index (χ3n) is 5.46. The van der Waals surface area contributed by atoms with Gasteiger partial charge in [-0.3, -0.25) is 9.59 Å². The second kappa shape index (κ2) is 11.1. The van der Waals surface area contributed by atoms with Crippen LogP contribution in [0.3, 0.4) is 0 Å². The molecule has 0 saturated carbocycles. The summed E-state index contributed by atoms with van der Waals surface area (Å²) in [7, 11) is 1.26. The number of hydrogen-bond acceptors (Lipinski definition) is 2. The summed E-state index contributed by atoms with van der Waals surface area (Å²) in [6, 6.07) is 7.48. The third kappa shape index (κ3) is 5.69. The van der Waals surface area contributed by atoms with Gasteiger partial charge in [0.15, 0.2) is 0 Å². The molecule has 0 fully saturated rings. The number of halogens is 11. The van der Waals surface area contributed by atoms with Crippen molar-refractivity contribution in [3.8, 4) is 11.1 Å². The number of alkyl halides is 7. The lowest BCUT2D eigenvalue weighted by atomic mass is 9.94. The fraction of sp³-hybridized carbons (Fsp3) is 0.167. The van der Waals surface area contributed by atoms with E-state index in [0.29, 0.717) is 0 Å². The van der Waals surface area contributed by atoms with E-state index in [1.807, 2.05) is 0 Å². The third-order valence-corrected chi connectivity index (χ3v) is 7.17. The lowest BCUT2D eigenvalue weighted by molar-refractivity contribution is -0.348. The van der Waals surface area contributed by atoms with Crippen molar-refractivity contribution in [2.75, 3.05) is 12.4 Å². The Bertz CT molecular complexity index is 1420. The molecule has 2 N–H and O–H groups in total. The van der Waals surface area contributed by atoms with Crippen LogP contribution in [0.25, 0.3) is 11.1 Å². The van der Waals surface area contributed by atoms with Crippen LogP contribution < -0.4 is 10.6 Å². The second-order valence-corrected chi connectivity index (χ2v) is 10.2. The number of hydrogen-bond donors (Lipinski definition) is 2. The molecule has 0 unspecified atom stereocenters. The first-order chi connectivity index (χ1) is 18.0. The van der Waals surface area contributed by atoms with Crippen molar-refractivity contribution in [3.05, 3.63) is 84.0 Å². The van der Waals surface area contributed by atoms with E-state index in [-0.39, 0.29) is 23.4 Å². The van der Waals surface area contributed by atoms with Crippen LogP contribution in [0.2, 0.25) is 0 Å². The molecule has 4 nitrogen and oxygen atoms in total. The molecule has 0 saturated heterocycles. The van der Waals surface area contributed by atoms with Crippen molar-refractivity contribution in [2.24, 2.45) is 0 Å². The van der Waals surface area contributed by atoms with Crippen molar-refractivity contribution >= 4 is 62.7 Å².